The molecule has 0 aromatic heterocycles. The Morgan fingerprint density at radius 3 is 1.57 bits per heavy atom. The van der Waals surface area contributed by atoms with E-state index in [9.17, 15) is 14.2 Å². The number of carboxylic acids is 1. The normalized spacial score (nSPS) is 8.71. The number of carbonyl (C=O) groups is 2. The Morgan fingerprint density at radius 1 is 1.00 bits per heavy atom. The standard InChI is InChI=1S/C4H7O6P.3Na/c5-3(6)1-2-4(7)11(8,9)10;;;/h1-2H2,(H,5,6)(H2,8,9,10);;;. The fourth-order valence-electron chi connectivity index (χ4n) is 0.360. The van der Waals surface area contributed by atoms with Gasteiger partial charge in [0.05, 0.1) is 6.42 Å². The molecule has 10 heteroatoms. The van der Waals surface area contributed by atoms with Crippen molar-refractivity contribution in [3.8, 4) is 0 Å². The minimum Gasteiger partial charge on any atom is -0.481 e. The summed E-state index contributed by atoms with van der Waals surface area (Å²) in [5.41, 5.74) is -1.33. The van der Waals surface area contributed by atoms with E-state index in [0.29, 0.717) is 0 Å². The molecule has 0 rings (SSSR count). The zero-order valence-electron chi connectivity index (χ0n) is 8.43. The molecule has 0 aromatic rings. The Kier molecular flexibility index (Phi) is 21.2. The zero-order valence-corrected chi connectivity index (χ0v) is 15.3. The van der Waals surface area contributed by atoms with Crippen LogP contribution in [0.4, 0.5) is 0 Å². The fraction of sp³-hybridized carbons (Fsp3) is 0.500. The van der Waals surface area contributed by atoms with Crippen LogP contribution in [0.15, 0.2) is 0 Å². The molecule has 0 spiro atoms. The summed E-state index contributed by atoms with van der Waals surface area (Å²) in [6, 6.07) is 0. The van der Waals surface area contributed by atoms with Crippen LogP contribution in [-0.2, 0) is 14.2 Å². The maximum atomic E-state index is 10.3. The Bertz CT molecular complexity index is 225. The number of hydrogen-bond acceptors (Lipinski definition) is 3. The SMILES string of the molecule is O=C(O)CCC(=O)P(=O)(O)O.[Na].[Na].[Na]. The van der Waals surface area contributed by atoms with Gasteiger partial charge in [-0.05, 0) is 0 Å². The van der Waals surface area contributed by atoms with Crippen LogP contribution in [0, 0.1) is 0 Å². The van der Waals surface area contributed by atoms with Gasteiger partial charge in [0.2, 0.25) is 5.52 Å². The summed E-state index contributed by atoms with van der Waals surface area (Å²) in [6.07, 6.45) is -1.18. The summed E-state index contributed by atoms with van der Waals surface area (Å²) in [6.45, 7) is 0. The van der Waals surface area contributed by atoms with Crippen molar-refractivity contribution < 1.29 is 29.0 Å². The quantitative estimate of drug-likeness (QED) is 0.410. The van der Waals surface area contributed by atoms with Crippen molar-refractivity contribution in [2.75, 3.05) is 0 Å². The molecule has 0 aliphatic carbocycles. The Labute approximate surface area is 147 Å². The molecule has 0 saturated heterocycles. The van der Waals surface area contributed by atoms with E-state index in [1.54, 1.807) is 0 Å². The minimum absolute atomic E-state index is 0. The van der Waals surface area contributed by atoms with Gasteiger partial charge in [0.1, 0.15) is 0 Å². The van der Waals surface area contributed by atoms with Gasteiger partial charge >= 0.3 is 13.6 Å². The molecule has 0 heterocycles. The van der Waals surface area contributed by atoms with Gasteiger partial charge < -0.3 is 14.9 Å². The van der Waals surface area contributed by atoms with E-state index in [4.69, 9.17) is 14.9 Å². The molecule has 14 heavy (non-hydrogen) atoms. The van der Waals surface area contributed by atoms with Crippen LogP contribution in [0.2, 0.25) is 0 Å². The number of rotatable bonds is 4. The number of carboxylic acid groups (broad SMARTS) is 1. The second kappa shape index (κ2) is 11.8. The van der Waals surface area contributed by atoms with E-state index in [2.05, 4.69) is 0 Å². The van der Waals surface area contributed by atoms with E-state index >= 15 is 0 Å². The van der Waals surface area contributed by atoms with E-state index < -0.39 is 31.9 Å². The molecule has 0 atom stereocenters. The molecule has 67 valence electrons. The predicted octanol–water partition coefficient (Wildman–Crippen LogP) is -1.59. The van der Waals surface area contributed by atoms with Crippen LogP contribution in [0.5, 0.6) is 0 Å². The first-order chi connectivity index (χ1) is 4.84. The molecule has 0 saturated carbocycles. The molecule has 3 N–H and O–H groups in total. The van der Waals surface area contributed by atoms with Gasteiger partial charge in [-0.1, -0.05) is 0 Å². The van der Waals surface area contributed by atoms with Gasteiger partial charge in [-0.3, -0.25) is 14.2 Å². The molecule has 0 amide bonds. The number of carbonyl (C=O) groups excluding carboxylic acids is 1. The molecule has 0 bridgehead atoms. The molecule has 0 aliphatic rings. The van der Waals surface area contributed by atoms with Crippen molar-refractivity contribution in [2.45, 2.75) is 12.8 Å². The molecule has 0 aliphatic heterocycles. The molecule has 0 aromatic carbocycles. The average Bonchev–Trinajstić information content (AvgIpc) is 1.80. The first-order valence-electron chi connectivity index (χ1n) is 2.65. The molecular weight excluding hydrogens is 244 g/mol. The molecular formula is C4H7Na3O6P. The van der Waals surface area contributed by atoms with Crippen molar-refractivity contribution >= 4 is 108 Å². The Balaban J connectivity index is -0.000000167. The molecule has 0 fully saturated rings. The second-order valence-corrected chi connectivity index (χ2v) is 3.42. The van der Waals surface area contributed by atoms with Crippen LogP contribution in [0.25, 0.3) is 0 Å². The van der Waals surface area contributed by atoms with Gasteiger partial charge in [-0.25, -0.2) is 0 Å². The van der Waals surface area contributed by atoms with E-state index in [1.807, 2.05) is 0 Å². The summed E-state index contributed by atoms with van der Waals surface area (Å²) in [7, 11) is -4.72. The van der Waals surface area contributed by atoms with E-state index in [-0.39, 0.29) is 88.7 Å². The van der Waals surface area contributed by atoms with Crippen molar-refractivity contribution in [3.63, 3.8) is 0 Å². The zero-order chi connectivity index (χ0) is 9.07. The van der Waals surface area contributed by atoms with Crippen molar-refractivity contribution in [2.24, 2.45) is 0 Å². The summed E-state index contributed by atoms with van der Waals surface area (Å²) < 4.78 is 10.1. The number of aliphatic carboxylic acids is 1. The number of hydrogen-bond donors (Lipinski definition) is 3. The smallest absolute Gasteiger partial charge is 0.391 e. The van der Waals surface area contributed by atoms with Gasteiger partial charge in [-0.15, -0.1) is 0 Å². The van der Waals surface area contributed by atoms with Crippen LogP contribution >= 0.6 is 7.60 Å². The van der Waals surface area contributed by atoms with Gasteiger partial charge in [-0.2, -0.15) is 0 Å². The third-order valence-corrected chi connectivity index (χ3v) is 1.75. The third kappa shape index (κ3) is 14.3. The van der Waals surface area contributed by atoms with Crippen molar-refractivity contribution in [3.05, 3.63) is 0 Å². The molecule has 3 radical (unpaired) electrons. The maximum Gasteiger partial charge on any atom is 0.391 e. The molecule has 0 unspecified atom stereocenters. The monoisotopic (exact) mass is 251 g/mol. The van der Waals surface area contributed by atoms with Gasteiger partial charge in [0, 0.05) is 95.1 Å². The molecule has 6 nitrogen and oxygen atoms in total. The Morgan fingerprint density at radius 2 is 1.36 bits per heavy atom. The average molecular weight is 251 g/mol. The first-order valence-corrected chi connectivity index (χ1v) is 4.26. The van der Waals surface area contributed by atoms with Gasteiger partial charge in [0.25, 0.3) is 0 Å². The second-order valence-electron chi connectivity index (χ2n) is 1.83. The maximum absolute atomic E-state index is 10.3. The largest absolute Gasteiger partial charge is 0.481 e. The van der Waals surface area contributed by atoms with Gasteiger partial charge in [0.15, 0.2) is 0 Å². The topological polar surface area (TPSA) is 112 Å². The van der Waals surface area contributed by atoms with Crippen molar-refractivity contribution in [1.29, 1.82) is 0 Å². The van der Waals surface area contributed by atoms with Crippen LogP contribution in [0.3, 0.4) is 0 Å². The van der Waals surface area contributed by atoms with Crippen LogP contribution < -0.4 is 0 Å². The summed E-state index contributed by atoms with van der Waals surface area (Å²) in [5, 5.41) is 8.02. The van der Waals surface area contributed by atoms with Crippen LogP contribution in [0.1, 0.15) is 12.8 Å². The Hall–Kier alpha value is 2.29. The minimum atomic E-state index is -4.72. The predicted molar refractivity (Wildman–Crippen MR) is 51.2 cm³/mol. The third-order valence-electron chi connectivity index (χ3n) is 0.878. The summed E-state index contributed by atoms with van der Waals surface area (Å²) >= 11 is 0. The van der Waals surface area contributed by atoms with E-state index in [0.717, 1.165) is 0 Å². The summed E-state index contributed by atoms with van der Waals surface area (Å²) in [4.78, 5) is 36.5. The fourth-order valence-corrected chi connectivity index (χ4v) is 0.763. The van der Waals surface area contributed by atoms with Crippen LogP contribution in [-0.4, -0.2) is 115 Å². The summed E-state index contributed by atoms with van der Waals surface area (Å²) in [5.74, 6) is -1.26. The first kappa shape index (κ1) is 25.2. The van der Waals surface area contributed by atoms with Crippen molar-refractivity contribution in [1.82, 2.24) is 0 Å². The van der Waals surface area contributed by atoms with E-state index in [1.165, 1.54) is 0 Å².